The number of thioether (sulfide) groups is 1. The number of hydrogen-bond donors (Lipinski definition) is 3. The number of rotatable bonds is 4. The second-order valence-corrected chi connectivity index (χ2v) is 5.08. The lowest BCUT2D eigenvalue weighted by Crippen LogP contribution is -2.30. The highest BCUT2D eigenvalue weighted by Crippen LogP contribution is 2.26. The van der Waals surface area contributed by atoms with Crippen LogP contribution in [0.1, 0.15) is 16.2 Å². The standard InChI is InChI=1S/C7H8N6O2S2/c8-6-11-12-7(17-6)16-2-3-1-4(13-15-3)5(14)10-9/h1H,2,9H2,(H2,8,11)(H,10,14). The van der Waals surface area contributed by atoms with Gasteiger partial charge in [-0.05, 0) is 0 Å². The number of aromatic nitrogens is 3. The van der Waals surface area contributed by atoms with Crippen LogP contribution in [0.5, 0.6) is 0 Å². The van der Waals surface area contributed by atoms with E-state index in [1.807, 2.05) is 5.43 Å². The summed E-state index contributed by atoms with van der Waals surface area (Å²) in [4.78, 5) is 11.1. The van der Waals surface area contributed by atoms with Crippen LogP contribution in [-0.2, 0) is 5.75 Å². The first-order chi connectivity index (χ1) is 8.19. The summed E-state index contributed by atoms with van der Waals surface area (Å²) in [5.74, 6) is 5.50. The molecule has 0 aliphatic heterocycles. The van der Waals surface area contributed by atoms with Gasteiger partial charge in [0.25, 0.3) is 5.91 Å². The van der Waals surface area contributed by atoms with Crippen molar-refractivity contribution in [1.82, 2.24) is 20.8 Å². The van der Waals surface area contributed by atoms with Crippen LogP contribution < -0.4 is 17.0 Å². The van der Waals surface area contributed by atoms with E-state index in [9.17, 15) is 4.79 Å². The fraction of sp³-hybridized carbons (Fsp3) is 0.143. The molecule has 0 bridgehead atoms. The maximum Gasteiger partial charge on any atom is 0.287 e. The lowest BCUT2D eigenvalue weighted by atomic mass is 10.4. The number of nitrogens with zero attached hydrogens (tertiary/aromatic N) is 3. The second-order valence-electron chi connectivity index (χ2n) is 2.85. The van der Waals surface area contributed by atoms with E-state index in [0.717, 1.165) is 4.34 Å². The Morgan fingerprint density at radius 2 is 2.41 bits per heavy atom. The third-order valence-electron chi connectivity index (χ3n) is 1.68. The highest BCUT2D eigenvalue weighted by Gasteiger charge is 2.12. The van der Waals surface area contributed by atoms with Gasteiger partial charge in [0.15, 0.2) is 10.0 Å². The number of nitrogens with two attached hydrogens (primary N) is 2. The van der Waals surface area contributed by atoms with E-state index in [1.54, 1.807) is 0 Å². The number of hydrazine groups is 1. The molecule has 17 heavy (non-hydrogen) atoms. The molecule has 90 valence electrons. The third kappa shape index (κ3) is 2.93. The van der Waals surface area contributed by atoms with Gasteiger partial charge < -0.3 is 10.3 Å². The predicted octanol–water partition coefficient (Wildman–Crippen LogP) is 0.00410. The zero-order valence-electron chi connectivity index (χ0n) is 8.41. The average molecular weight is 272 g/mol. The molecule has 0 saturated carbocycles. The molecule has 0 atom stereocenters. The largest absolute Gasteiger partial charge is 0.374 e. The van der Waals surface area contributed by atoms with Crippen LogP contribution in [0, 0.1) is 0 Å². The predicted molar refractivity (Wildman–Crippen MR) is 62.0 cm³/mol. The van der Waals surface area contributed by atoms with E-state index >= 15 is 0 Å². The highest BCUT2D eigenvalue weighted by atomic mass is 32.2. The molecule has 0 radical (unpaired) electrons. The molecule has 0 aromatic carbocycles. The van der Waals surface area contributed by atoms with Crippen LogP contribution in [0.15, 0.2) is 14.9 Å². The maximum atomic E-state index is 11.1. The molecule has 8 nitrogen and oxygen atoms in total. The first kappa shape index (κ1) is 11.8. The number of amides is 1. The molecular formula is C7H8N6O2S2. The Morgan fingerprint density at radius 1 is 1.59 bits per heavy atom. The Bertz CT molecular complexity index is 524. The molecule has 0 saturated heterocycles. The molecule has 0 unspecified atom stereocenters. The second kappa shape index (κ2) is 5.12. The van der Waals surface area contributed by atoms with Gasteiger partial charge in [0, 0.05) is 6.07 Å². The summed E-state index contributed by atoms with van der Waals surface area (Å²) in [7, 11) is 0. The maximum absolute atomic E-state index is 11.1. The van der Waals surface area contributed by atoms with Gasteiger partial charge in [0.2, 0.25) is 5.13 Å². The Kier molecular flexibility index (Phi) is 3.56. The summed E-state index contributed by atoms with van der Waals surface area (Å²) in [5, 5.41) is 11.5. The van der Waals surface area contributed by atoms with Crippen molar-refractivity contribution in [1.29, 1.82) is 0 Å². The fourth-order valence-electron chi connectivity index (χ4n) is 0.974. The SMILES string of the molecule is NNC(=O)c1cc(CSc2nnc(N)s2)on1. The van der Waals surface area contributed by atoms with Gasteiger partial charge in [-0.15, -0.1) is 10.2 Å². The molecule has 1 amide bonds. The van der Waals surface area contributed by atoms with Crippen LogP contribution in [0.25, 0.3) is 0 Å². The van der Waals surface area contributed by atoms with Crippen molar-refractivity contribution < 1.29 is 9.32 Å². The molecular weight excluding hydrogens is 264 g/mol. The molecule has 0 spiro atoms. The number of nitrogens with one attached hydrogen (secondary N) is 1. The van der Waals surface area contributed by atoms with E-state index in [4.69, 9.17) is 16.1 Å². The molecule has 5 N–H and O–H groups in total. The topological polar surface area (TPSA) is 133 Å². The number of carbonyl (C=O) groups excluding carboxylic acids is 1. The Balaban J connectivity index is 1.95. The number of nitrogen functional groups attached to an aromatic ring is 2. The number of anilines is 1. The minimum atomic E-state index is -0.495. The molecule has 0 aliphatic rings. The van der Waals surface area contributed by atoms with Crippen molar-refractivity contribution in [3.05, 3.63) is 17.5 Å². The van der Waals surface area contributed by atoms with E-state index in [0.29, 0.717) is 16.6 Å². The van der Waals surface area contributed by atoms with Crippen molar-refractivity contribution in [3.63, 3.8) is 0 Å². The molecule has 2 rings (SSSR count). The molecule has 2 aromatic heterocycles. The highest BCUT2D eigenvalue weighted by molar-refractivity contribution is 8.00. The van der Waals surface area contributed by atoms with Gasteiger partial charge in [0.05, 0.1) is 5.75 Å². The third-order valence-corrected chi connectivity index (χ3v) is 3.59. The fourth-order valence-corrected chi connectivity index (χ4v) is 2.48. The van der Waals surface area contributed by atoms with Gasteiger partial charge in [-0.3, -0.25) is 10.2 Å². The number of hydrogen-bond acceptors (Lipinski definition) is 9. The minimum absolute atomic E-state index is 0.139. The van der Waals surface area contributed by atoms with E-state index in [-0.39, 0.29) is 5.69 Å². The van der Waals surface area contributed by atoms with Gasteiger partial charge in [0.1, 0.15) is 5.76 Å². The van der Waals surface area contributed by atoms with Crippen molar-refractivity contribution in [2.24, 2.45) is 5.84 Å². The zero-order valence-corrected chi connectivity index (χ0v) is 10.0. The Hall–Kier alpha value is -1.65. The average Bonchev–Trinajstić information content (AvgIpc) is 2.94. The Morgan fingerprint density at radius 3 is 3.06 bits per heavy atom. The summed E-state index contributed by atoms with van der Waals surface area (Å²) in [6.07, 6.45) is 0. The van der Waals surface area contributed by atoms with Crippen LogP contribution in [-0.4, -0.2) is 21.3 Å². The normalized spacial score (nSPS) is 10.4. The number of carbonyl (C=O) groups is 1. The van der Waals surface area contributed by atoms with Crippen LogP contribution in [0.2, 0.25) is 0 Å². The summed E-state index contributed by atoms with van der Waals surface area (Å²) in [6, 6.07) is 1.51. The molecule has 10 heteroatoms. The van der Waals surface area contributed by atoms with Crippen molar-refractivity contribution in [2.45, 2.75) is 10.1 Å². The zero-order chi connectivity index (χ0) is 12.3. The van der Waals surface area contributed by atoms with E-state index < -0.39 is 5.91 Å². The van der Waals surface area contributed by atoms with E-state index in [1.165, 1.54) is 29.2 Å². The van der Waals surface area contributed by atoms with Crippen LogP contribution >= 0.6 is 23.1 Å². The molecule has 2 aromatic rings. The summed E-state index contributed by atoms with van der Waals surface area (Å²) in [6.45, 7) is 0. The first-order valence-electron chi connectivity index (χ1n) is 4.37. The van der Waals surface area contributed by atoms with Crippen LogP contribution in [0.3, 0.4) is 0 Å². The van der Waals surface area contributed by atoms with E-state index in [2.05, 4.69) is 15.4 Å². The quantitative estimate of drug-likeness (QED) is 0.306. The summed E-state index contributed by atoms with van der Waals surface area (Å²) >= 11 is 2.68. The van der Waals surface area contributed by atoms with Gasteiger partial charge in [-0.1, -0.05) is 28.3 Å². The minimum Gasteiger partial charge on any atom is -0.374 e. The molecule has 2 heterocycles. The first-order valence-corrected chi connectivity index (χ1v) is 6.17. The smallest absolute Gasteiger partial charge is 0.287 e. The monoisotopic (exact) mass is 272 g/mol. The van der Waals surface area contributed by atoms with Gasteiger partial charge in [-0.25, -0.2) is 5.84 Å². The van der Waals surface area contributed by atoms with Gasteiger partial charge >= 0.3 is 0 Å². The van der Waals surface area contributed by atoms with Crippen molar-refractivity contribution in [2.75, 3.05) is 5.73 Å². The van der Waals surface area contributed by atoms with Gasteiger partial charge in [-0.2, -0.15) is 0 Å². The lowest BCUT2D eigenvalue weighted by Gasteiger charge is -1.90. The summed E-state index contributed by atoms with van der Waals surface area (Å²) in [5.41, 5.74) is 7.54. The Labute approximate surface area is 104 Å². The van der Waals surface area contributed by atoms with Crippen molar-refractivity contribution >= 4 is 34.1 Å². The molecule has 0 aliphatic carbocycles. The molecule has 0 fully saturated rings. The lowest BCUT2D eigenvalue weighted by molar-refractivity contribution is 0.0944. The van der Waals surface area contributed by atoms with Crippen molar-refractivity contribution in [3.8, 4) is 0 Å². The van der Waals surface area contributed by atoms with Crippen LogP contribution in [0.4, 0.5) is 5.13 Å². The summed E-state index contributed by atoms with van der Waals surface area (Å²) < 4.78 is 5.68.